The molecule has 0 N–H and O–H groups in total. The molecule has 0 spiro atoms. The molecular weight excluding hydrogens is 543 g/mol. The summed E-state index contributed by atoms with van der Waals surface area (Å²) >= 11 is 0. The minimum absolute atomic E-state index is 0.214. The van der Waals surface area contributed by atoms with Gasteiger partial charge in [-0.05, 0) is 67.5 Å². The molecule has 1 fully saturated rings. The Hall–Kier alpha value is -2.68. The minimum atomic E-state index is -5.64. The normalized spacial score (nSPS) is 17.8. The molecule has 0 bridgehead atoms. The van der Waals surface area contributed by atoms with Crippen LogP contribution in [0, 0.1) is 5.92 Å². The Kier molecular flexibility index (Phi) is 12.9. The number of ether oxygens (including phenoxy) is 3. The van der Waals surface area contributed by atoms with Crippen LogP contribution in [-0.2, 0) is 9.53 Å². The van der Waals surface area contributed by atoms with Gasteiger partial charge in [-0.25, -0.2) is 0 Å². The zero-order chi connectivity index (χ0) is 29.7. The van der Waals surface area contributed by atoms with Crippen molar-refractivity contribution in [2.75, 3.05) is 13.2 Å². The van der Waals surface area contributed by atoms with Crippen molar-refractivity contribution in [3.05, 3.63) is 48.5 Å². The largest absolute Gasteiger partial charge is 0.494 e. The standard InChI is InChI=1S/C32H41F5O4/c1-2-3-4-5-6-7-8-9-22-39-27-16-10-24(11-17-27)25-12-20-29(21-13-25)41-30(38)26-14-18-28(19-15-26)40-23-31(33,34)32(35,36)37/h10-13,16-17,20-21,26,28H,2-9,14-15,18-19,22-23H2,1H3. The molecule has 0 aromatic heterocycles. The summed E-state index contributed by atoms with van der Waals surface area (Å²) in [6.07, 6.45) is 4.68. The van der Waals surface area contributed by atoms with E-state index in [0.717, 1.165) is 23.3 Å². The van der Waals surface area contributed by atoms with E-state index in [1.165, 1.54) is 44.9 Å². The lowest BCUT2D eigenvalue weighted by Gasteiger charge is -2.29. The Balaban J connectivity index is 1.36. The Morgan fingerprint density at radius 2 is 1.24 bits per heavy atom. The smallest absolute Gasteiger partial charge is 0.455 e. The minimum Gasteiger partial charge on any atom is -0.494 e. The highest BCUT2D eigenvalue weighted by Crippen LogP contribution is 2.37. The van der Waals surface area contributed by atoms with E-state index in [9.17, 15) is 26.7 Å². The summed E-state index contributed by atoms with van der Waals surface area (Å²) < 4.78 is 79.2. The second-order valence-corrected chi connectivity index (χ2v) is 10.8. The van der Waals surface area contributed by atoms with Crippen molar-refractivity contribution in [3.8, 4) is 22.6 Å². The van der Waals surface area contributed by atoms with E-state index < -0.39 is 36.7 Å². The van der Waals surface area contributed by atoms with Crippen molar-refractivity contribution in [2.24, 2.45) is 5.92 Å². The maximum absolute atomic E-state index is 13.1. The van der Waals surface area contributed by atoms with Crippen LogP contribution < -0.4 is 9.47 Å². The lowest BCUT2D eigenvalue weighted by Crippen LogP contribution is -2.42. The van der Waals surface area contributed by atoms with Crippen LogP contribution in [0.15, 0.2) is 48.5 Å². The molecule has 0 heterocycles. The van der Waals surface area contributed by atoms with Crippen molar-refractivity contribution in [1.29, 1.82) is 0 Å². The second-order valence-electron chi connectivity index (χ2n) is 10.8. The van der Waals surface area contributed by atoms with Crippen molar-refractivity contribution >= 4 is 5.97 Å². The summed E-state index contributed by atoms with van der Waals surface area (Å²) in [5.41, 5.74) is 1.95. The quantitative estimate of drug-likeness (QED) is 0.0853. The van der Waals surface area contributed by atoms with E-state index in [1.54, 1.807) is 12.1 Å². The molecule has 0 aliphatic heterocycles. The maximum atomic E-state index is 13.1. The lowest BCUT2D eigenvalue weighted by molar-refractivity contribution is -0.300. The van der Waals surface area contributed by atoms with Gasteiger partial charge in [0.05, 0.1) is 18.6 Å². The molecule has 2 aromatic carbocycles. The van der Waals surface area contributed by atoms with Gasteiger partial charge in [-0.15, -0.1) is 0 Å². The summed E-state index contributed by atoms with van der Waals surface area (Å²) in [6, 6.07) is 15.0. The van der Waals surface area contributed by atoms with Crippen molar-refractivity contribution in [3.63, 3.8) is 0 Å². The first kappa shape index (κ1) is 32.8. The topological polar surface area (TPSA) is 44.8 Å². The average molecular weight is 585 g/mol. The van der Waals surface area contributed by atoms with Crippen LogP contribution in [0.2, 0.25) is 0 Å². The highest BCUT2D eigenvalue weighted by Gasteiger charge is 2.57. The Morgan fingerprint density at radius 3 is 1.78 bits per heavy atom. The van der Waals surface area contributed by atoms with E-state index in [-0.39, 0.29) is 12.8 Å². The van der Waals surface area contributed by atoms with Crippen molar-refractivity contribution in [1.82, 2.24) is 0 Å². The van der Waals surface area contributed by atoms with Crippen LogP contribution in [0.1, 0.15) is 84.0 Å². The van der Waals surface area contributed by atoms with Gasteiger partial charge in [-0.2, -0.15) is 22.0 Å². The molecule has 1 aliphatic rings. The number of hydrogen-bond acceptors (Lipinski definition) is 4. The van der Waals surface area contributed by atoms with E-state index in [4.69, 9.17) is 14.2 Å². The van der Waals surface area contributed by atoms with E-state index in [1.807, 2.05) is 36.4 Å². The summed E-state index contributed by atoms with van der Waals surface area (Å²) in [6.45, 7) is 1.22. The number of carbonyl (C=O) groups excluding carboxylic acids is 1. The zero-order valence-corrected chi connectivity index (χ0v) is 23.7. The monoisotopic (exact) mass is 584 g/mol. The molecule has 9 heteroatoms. The van der Waals surface area contributed by atoms with Crippen LogP contribution in [0.3, 0.4) is 0 Å². The molecule has 1 saturated carbocycles. The maximum Gasteiger partial charge on any atom is 0.455 e. The number of esters is 1. The third-order valence-corrected chi connectivity index (χ3v) is 7.45. The van der Waals surface area contributed by atoms with Crippen molar-refractivity contribution < 1.29 is 41.0 Å². The van der Waals surface area contributed by atoms with Gasteiger partial charge in [0, 0.05) is 0 Å². The summed E-state index contributed by atoms with van der Waals surface area (Å²) in [5.74, 6) is -4.59. The first-order valence-electron chi connectivity index (χ1n) is 14.7. The number of benzene rings is 2. The lowest BCUT2D eigenvalue weighted by atomic mass is 9.87. The Bertz CT molecular complexity index is 1030. The number of unbranched alkanes of at least 4 members (excludes halogenated alkanes) is 7. The fraction of sp³-hybridized carbons (Fsp3) is 0.594. The van der Waals surface area contributed by atoms with Crippen LogP contribution >= 0.6 is 0 Å². The summed E-state index contributed by atoms with van der Waals surface area (Å²) in [4.78, 5) is 12.6. The molecule has 0 unspecified atom stereocenters. The first-order chi connectivity index (χ1) is 19.6. The number of carbonyl (C=O) groups is 1. The van der Waals surface area contributed by atoms with Gasteiger partial charge in [0.15, 0.2) is 0 Å². The Morgan fingerprint density at radius 1 is 0.732 bits per heavy atom. The average Bonchev–Trinajstić information content (AvgIpc) is 2.96. The van der Waals surface area contributed by atoms with Gasteiger partial charge in [0.25, 0.3) is 0 Å². The molecule has 0 radical (unpaired) electrons. The van der Waals surface area contributed by atoms with Gasteiger partial charge in [0.2, 0.25) is 0 Å². The van der Waals surface area contributed by atoms with E-state index >= 15 is 0 Å². The molecule has 228 valence electrons. The van der Waals surface area contributed by atoms with E-state index in [0.29, 0.717) is 25.2 Å². The molecule has 3 rings (SSSR count). The molecule has 41 heavy (non-hydrogen) atoms. The van der Waals surface area contributed by atoms with Gasteiger partial charge in [-0.3, -0.25) is 4.79 Å². The number of halogens is 5. The van der Waals surface area contributed by atoms with Crippen LogP contribution in [-0.4, -0.2) is 37.4 Å². The molecule has 0 amide bonds. The molecular formula is C32H41F5O4. The second kappa shape index (κ2) is 16.1. The zero-order valence-electron chi connectivity index (χ0n) is 23.7. The van der Waals surface area contributed by atoms with Gasteiger partial charge in [-0.1, -0.05) is 76.1 Å². The predicted octanol–water partition coefficient (Wildman–Crippen LogP) is 9.55. The predicted molar refractivity (Wildman–Crippen MR) is 148 cm³/mol. The van der Waals surface area contributed by atoms with Gasteiger partial charge < -0.3 is 14.2 Å². The van der Waals surface area contributed by atoms with E-state index in [2.05, 4.69) is 6.92 Å². The Labute approximate surface area is 239 Å². The number of alkyl halides is 5. The highest BCUT2D eigenvalue weighted by molar-refractivity contribution is 5.75. The van der Waals surface area contributed by atoms with Crippen LogP contribution in [0.5, 0.6) is 11.5 Å². The first-order valence-corrected chi connectivity index (χ1v) is 14.7. The summed E-state index contributed by atoms with van der Waals surface area (Å²) in [5, 5.41) is 0. The van der Waals surface area contributed by atoms with Crippen LogP contribution in [0.25, 0.3) is 11.1 Å². The summed E-state index contributed by atoms with van der Waals surface area (Å²) in [7, 11) is 0. The highest BCUT2D eigenvalue weighted by atomic mass is 19.4. The third-order valence-electron chi connectivity index (χ3n) is 7.45. The van der Waals surface area contributed by atoms with Gasteiger partial charge in [0.1, 0.15) is 18.1 Å². The van der Waals surface area contributed by atoms with Gasteiger partial charge >= 0.3 is 18.1 Å². The fourth-order valence-electron chi connectivity index (χ4n) is 4.85. The molecule has 4 nitrogen and oxygen atoms in total. The molecule has 0 saturated heterocycles. The fourth-order valence-corrected chi connectivity index (χ4v) is 4.85. The third kappa shape index (κ3) is 10.9. The number of rotatable bonds is 16. The molecule has 1 aliphatic carbocycles. The number of hydrogen-bond donors (Lipinski definition) is 0. The van der Waals surface area contributed by atoms with Crippen molar-refractivity contribution in [2.45, 2.75) is 102 Å². The molecule has 2 aromatic rings. The molecule has 0 atom stereocenters. The van der Waals surface area contributed by atoms with Crippen LogP contribution in [0.4, 0.5) is 22.0 Å². The SMILES string of the molecule is CCCCCCCCCCOc1ccc(-c2ccc(OC(=O)C3CCC(OCC(F)(F)C(F)(F)F)CC3)cc2)cc1.